The molecule has 1 aromatic carbocycles. The van der Waals surface area contributed by atoms with Crippen LogP contribution in [0.3, 0.4) is 0 Å². The zero-order valence-corrected chi connectivity index (χ0v) is 10.2. The molecule has 18 heavy (non-hydrogen) atoms. The molecular weight excluding hydrogens is 232 g/mol. The van der Waals surface area contributed by atoms with Crippen molar-refractivity contribution in [3.8, 4) is 0 Å². The number of H-pyrrole nitrogens is 1. The van der Waals surface area contributed by atoms with Gasteiger partial charge in [-0.05, 0) is 18.6 Å². The number of para-hydroxylation sites is 1. The van der Waals surface area contributed by atoms with E-state index in [1.165, 1.54) is 7.11 Å². The number of fused-ring (bicyclic) bond motifs is 1. The lowest BCUT2D eigenvalue weighted by Gasteiger charge is -2.02. The third-order valence-corrected chi connectivity index (χ3v) is 2.81. The van der Waals surface area contributed by atoms with Crippen molar-refractivity contribution < 1.29 is 14.3 Å². The van der Waals surface area contributed by atoms with Gasteiger partial charge in [0.25, 0.3) is 5.91 Å². The predicted molar refractivity (Wildman–Crippen MR) is 67.4 cm³/mol. The lowest BCUT2D eigenvalue weighted by molar-refractivity contribution is -0.139. The summed E-state index contributed by atoms with van der Waals surface area (Å²) in [7, 11) is 1.28. The summed E-state index contributed by atoms with van der Waals surface area (Å²) >= 11 is 0. The van der Waals surface area contributed by atoms with Gasteiger partial charge in [-0.2, -0.15) is 0 Å². The molecule has 0 saturated carbocycles. The number of esters is 1. The van der Waals surface area contributed by atoms with E-state index in [-0.39, 0.29) is 12.5 Å². The van der Waals surface area contributed by atoms with Gasteiger partial charge >= 0.3 is 5.97 Å². The van der Waals surface area contributed by atoms with Gasteiger partial charge in [-0.1, -0.05) is 18.2 Å². The van der Waals surface area contributed by atoms with Crippen LogP contribution in [0.15, 0.2) is 24.3 Å². The van der Waals surface area contributed by atoms with Crippen molar-refractivity contribution in [1.82, 2.24) is 10.3 Å². The number of benzene rings is 1. The second-order valence-corrected chi connectivity index (χ2v) is 3.93. The molecule has 0 aliphatic carbocycles. The SMILES string of the molecule is COC(=O)CNC(=O)c1[nH]c2ccccc2c1C. The Kier molecular flexibility index (Phi) is 3.32. The molecule has 2 N–H and O–H groups in total. The number of nitrogens with one attached hydrogen (secondary N) is 2. The largest absolute Gasteiger partial charge is 0.468 e. The Morgan fingerprint density at radius 3 is 2.72 bits per heavy atom. The van der Waals surface area contributed by atoms with Crippen LogP contribution < -0.4 is 5.32 Å². The first-order valence-corrected chi connectivity index (χ1v) is 5.56. The van der Waals surface area contributed by atoms with Crippen LogP contribution in [-0.4, -0.2) is 30.5 Å². The van der Waals surface area contributed by atoms with Crippen LogP contribution in [0.1, 0.15) is 16.1 Å². The van der Waals surface area contributed by atoms with E-state index >= 15 is 0 Å². The third-order valence-electron chi connectivity index (χ3n) is 2.81. The smallest absolute Gasteiger partial charge is 0.325 e. The van der Waals surface area contributed by atoms with Crippen LogP contribution in [0.25, 0.3) is 10.9 Å². The van der Waals surface area contributed by atoms with Crippen molar-refractivity contribution in [1.29, 1.82) is 0 Å². The maximum atomic E-state index is 11.9. The van der Waals surface area contributed by atoms with Gasteiger partial charge in [-0.25, -0.2) is 0 Å². The van der Waals surface area contributed by atoms with E-state index in [0.29, 0.717) is 5.69 Å². The van der Waals surface area contributed by atoms with E-state index in [1.807, 2.05) is 31.2 Å². The Morgan fingerprint density at radius 1 is 1.33 bits per heavy atom. The highest BCUT2D eigenvalue weighted by Gasteiger charge is 2.14. The van der Waals surface area contributed by atoms with E-state index < -0.39 is 5.97 Å². The van der Waals surface area contributed by atoms with Crippen molar-refractivity contribution in [3.05, 3.63) is 35.5 Å². The monoisotopic (exact) mass is 246 g/mol. The van der Waals surface area contributed by atoms with Crippen LogP contribution in [-0.2, 0) is 9.53 Å². The van der Waals surface area contributed by atoms with Crippen molar-refractivity contribution in [2.24, 2.45) is 0 Å². The maximum absolute atomic E-state index is 11.9. The summed E-state index contributed by atoms with van der Waals surface area (Å²) < 4.78 is 4.46. The molecule has 1 aromatic heterocycles. The Morgan fingerprint density at radius 2 is 2.06 bits per heavy atom. The average Bonchev–Trinajstić information content (AvgIpc) is 2.73. The van der Waals surface area contributed by atoms with Crippen LogP contribution >= 0.6 is 0 Å². The van der Waals surface area contributed by atoms with Crippen molar-refractivity contribution >= 4 is 22.8 Å². The molecule has 5 heteroatoms. The van der Waals surface area contributed by atoms with Crippen molar-refractivity contribution in [2.75, 3.05) is 13.7 Å². The average molecular weight is 246 g/mol. The zero-order chi connectivity index (χ0) is 13.1. The molecule has 1 heterocycles. The molecular formula is C13H14N2O3. The summed E-state index contributed by atoms with van der Waals surface area (Å²) in [5.41, 5.74) is 2.24. The molecule has 2 rings (SSSR count). The fourth-order valence-corrected chi connectivity index (χ4v) is 1.82. The highest BCUT2D eigenvalue weighted by atomic mass is 16.5. The second kappa shape index (κ2) is 4.91. The fourth-order valence-electron chi connectivity index (χ4n) is 1.82. The maximum Gasteiger partial charge on any atom is 0.325 e. The van der Waals surface area contributed by atoms with E-state index in [0.717, 1.165) is 16.5 Å². The number of amides is 1. The van der Waals surface area contributed by atoms with Gasteiger partial charge in [0.15, 0.2) is 0 Å². The minimum absolute atomic E-state index is 0.135. The van der Waals surface area contributed by atoms with Gasteiger partial charge in [0.05, 0.1) is 7.11 Å². The number of methoxy groups -OCH3 is 1. The normalized spacial score (nSPS) is 10.3. The number of hydrogen-bond acceptors (Lipinski definition) is 3. The molecule has 0 aliphatic rings. The molecule has 0 unspecified atom stereocenters. The highest BCUT2D eigenvalue weighted by molar-refractivity contribution is 6.01. The molecule has 94 valence electrons. The van der Waals surface area contributed by atoms with Gasteiger partial charge < -0.3 is 15.0 Å². The fraction of sp³-hybridized carbons (Fsp3) is 0.231. The summed E-state index contributed by atoms with van der Waals surface area (Å²) in [4.78, 5) is 25.9. The van der Waals surface area contributed by atoms with Crippen LogP contribution in [0.5, 0.6) is 0 Å². The van der Waals surface area contributed by atoms with Crippen molar-refractivity contribution in [3.63, 3.8) is 0 Å². The Bertz CT molecular complexity index is 601. The molecule has 0 saturated heterocycles. The standard InChI is InChI=1S/C13H14N2O3/c1-8-9-5-3-4-6-10(9)15-12(8)13(17)14-7-11(16)18-2/h3-6,15H,7H2,1-2H3,(H,14,17). The molecule has 2 aromatic rings. The lowest BCUT2D eigenvalue weighted by atomic mass is 10.1. The number of aromatic amines is 1. The van der Waals surface area contributed by atoms with Crippen molar-refractivity contribution in [2.45, 2.75) is 6.92 Å². The number of hydrogen-bond donors (Lipinski definition) is 2. The highest BCUT2D eigenvalue weighted by Crippen LogP contribution is 2.20. The number of carbonyl (C=O) groups is 2. The molecule has 0 fully saturated rings. The number of ether oxygens (including phenoxy) is 1. The van der Waals surface area contributed by atoms with E-state index in [2.05, 4.69) is 15.0 Å². The molecule has 0 atom stereocenters. The molecule has 0 aliphatic heterocycles. The number of aryl methyl sites for hydroxylation is 1. The summed E-state index contributed by atoms with van der Waals surface area (Å²) in [6.07, 6.45) is 0. The first kappa shape index (κ1) is 12.2. The van der Waals surface area contributed by atoms with E-state index in [4.69, 9.17) is 0 Å². The number of aromatic nitrogens is 1. The minimum Gasteiger partial charge on any atom is -0.468 e. The van der Waals surface area contributed by atoms with Gasteiger partial charge in [-0.3, -0.25) is 9.59 Å². The van der Waals surface area contributed by atoms with E-state index in [9.17, 15) is 9.59 Å². The predicted octanol–water partition coefficient (Wildman–Crippen LogP) is 1.38. The molecule has 5 nitrogen and oxygen atoms in total. The van der Waals surface area contributed by atoms with Gasteiger partial charge in [-0.15, -0.1) is 0 Å². The summed E-state index contributed by atoms with van der Waals surface area (Å²) in [5, 5.41) is 3.51. The van der Waals surface area contributed by atoms with Gasteiger partial charge in [0.2, 0.25) is 0 Å². The van der Waals surface area contributed by atoms with Crippen LogP contribution in [0, 0.1) is 6.92 Å². The molecule has 1 amide bonds. The summed E-state index contributed by atoms with van der Waals surface area (Å²) in [6.45, 7) is 1.73. The van der Waals surface area contributed by atoms with E-state index in [1.54, 1.807) is 0 Å². The second-order valence-electron chi connectivity index (χ2n) is 3.93. The minimum atomic E-state index is -0.475. The molecule has 0 radical (unpaired) electrons. The zero-order valence-electron chi connectivity index (χ0n) is 10.2. The lowest BCUT2D eigenvalue weighted by Crippen LogP contribution is -2.30. The molecule has 0 bridgehead atoms. The third kappa shape index (κ3) is 2.20. The van der Waals surface area contributed by atoms with Crippen LogP contribution in [0.4, 0.5) is 0 Å². The Labute approximate surface area is 104 Å². The Balaban J connectivity index is 2.23. The molecule has 0 spiro atoms. The first-order chi connectivity index (χ1) is 8.63. The van der Waals surface area contributed by atoms with Gasteiger partial charge in [0.1, 0.15) is 12.2 Å². The van der Waals surface area contributed by atoms with Crippen LogP contribution in [0.2, 0.25) is 0 Å². The quantitative estimate of drug-likeness (QED) is 0.804. The number of carbonyl (C=O) groups excluding carboxylic acids is 2. The summed E-state index contributed by atoms with van der Waals surface area (Å²) in [6, 6.07) is 7.66. The number of rotatable bonds is 3. The Hall–Kier alpha value is -2.30. The van der Waals surface area contributed by atoms with Gasteiger partial charge in [0, 0.05) is 10.9 Å². The first-order valence-electron chi connectivity index (χ1n) is 5.56. The summed E-state index contributed by atoms with van der Waals surface area (Å²) in [5.74, 6) is -0.786. The topological polar surface area (TPSA) is 71.2 Å².